The first-order valence-electron chi connectivity index (χ1n) is 5.98. The minimum Gasteiger partial charge on any atom is -0.298 e. The molecule has 16 heavy (non-hydrogen) atoms. The van der Waals surface area contributed by atoms with Gasteiger partial charge in [0.15, 0.2) is 0 Å². The van der Waals surface area contributed by atoms with Gasteiger partial charge in [-0.1, -0.05) is 30.3 Å². The van der Waals surface area contributed by atoms with Gasteiger partial charge in [0.05, 0.1) is 5.25 Å². The van der Waals surface area contributed by atoms with Crippen LogP contribution in [0.1, 0.15) is 31.7 Å². The quantitative estimate of drug-likeness (QED) is 0.793. The number of hydrogen-bond donors (Lipinski definition) is 0. The second-order valence-corrected chi connectivity index (χ2v) is 6.09. The fourth-order valence-corrected chi connectivity index (χ4v) is 3.54. The number of ketones is 1. The molecule has 0 radical (unpaired) electrons. The number of carbonyl (C=O) groups is 1. The van der Waals surface area contributed by atoms with Crippen molar-refractivity contribution in [2.45, 2.75) is 43.1 Å². The summed E-state index contributed by atoms with van der Waals surface area (Å²) in [5.74, 6) is 0.440. The lowest BCUT2D eigenvalue weighted by Gasteiger charge is -2.07. The van der Waals surface area contributed by atoms with Crippen LogP contribution in [0.25, 0.3) is 0 Å². The molecule has 0 amide bonds. The topological polar surface area (TPSA) is 17.1 Å². The van der Waals surface area contributed by atoms with E-state index in [1.54, 1.807) is 0 Å². The Labute approximate surface area is 102 Å². The van der Waals surface area contributed by atoms with Crippen molar-refractivity contribution in [2.24, 2.45) is 0 Å². The summed E-state index contributed by atoms with van der Waals surface area (Å²) >= 11 is 1.86. The predicted molar refractivity (Wildman–Crippen MR) is 69.8 cm³/mol. The maximum Gasteiger partial charge on any atom is 0.146 e. The van der Waals surface area contributed by atoms with Crippen LogP contribution in [0.4, 0.5) is 0 Å². The molecule has 1 heterocycles. The Bertz CT molecular complexity index is 347. The van der Waals surface area contributed by atoms with Gasteiger partial charge in [-0.25, -0.2) is 0 Å². The molecule has 2 heteroatoms. The summed E-state index contributed by atoms with van der Waals surface area (Å²) in [6.07, 6.45) is 4.30. The van der Waals surface area contributed by atoms with E-state index in [0.29, 0.717) is 11.0 Å². The molecule has 86 valence electrons. The van der Waals surface area contributed by atoms with Crippen LogP contribution < -0.4 is 0 Å². The van der Waals surface area contributed by atoms with Crippen LogP contribution in [0.15, 0.2) is 30.3 Å². The second-order valence-electron chi connectivity index (χ2n) is 4.45. The van der Waals surface area contributed by atoms with E-state index < -0.39 is 0 Å². The molecule has 0 N–H and O–H groups in total. The van der Waals surface area contributed by atoms with Gasteiger partial charge >= 0.3 is 0 Å². The normalized spacial score (nSPS) is 24.9. The third-order valence-corrected chi connectivity index (χ3v) is 4.57. The molecule has 1 fully saturated rings. The van der Waals surface area contributed by atoms with Gasteiger partial charge in [0.1, 0.15) is 5.78 Å². The predicted octanol–water partition coefficient (Wildman–Crippen LogP) is 3.47. The van der Waals surface area contributed by atoms with Gasteiger partial charge in [-0.3, -0.25) is 4.79 Å². The average Bonchev–Trinajstić information content (AvgIpc) is 2.60. The van der Waals surface area contributed by atoms with Crippen molar-refractivity contribution in [3.05, 3.63) is 35.9 Å². The Hall–Kier alpha value is -0.760. The van der Waals surface area contributed by atoms with E-state index in [4.69, 9.17) is 0 Å². The molecule has 1 aromatic rings. The fraction of sp³-hybridized carbons (Fsp3) is 0.500. The summed E-state index contributed by atoms with van der Waals surface area (Å²) in [4.78, 5) is 11.4. The Morgan fingerprint density at radius 1 is 1.31 bits per heavy atom. The maximum absolute atomic E-state index is 11.4. The van der Waals surface area contributed by atoms with Crippen molar-refractivity contribution >= 4 is 17.5 Å². The molecule has 0 saturated carbocycles. The number of thioether (sulfide) groups is 1. The van der Waals surface area contributed by atoms with Crippen LogP contribution in [0.5, 0.6) is 0 Å². The van der Waals surface area contributed by atoms with Gasteiger partial charge in [-0.05, 0) is 31.7 Å². The Kier molecular flexibility index (Phi) is 4.05. The number of hydrogen-bond acceptors (Lipinski definition) is 2. The smallest absolute Gasteiger partial charge is 0.146 e. The first kappa shape index (κ1) is 11.7. The van der Waals surface area contributed by atoms with Gasteiger partial charge in [-0.15, -0.1) is 11.8 Å². The van der Waals surface area contributed by atoms with E-state index in [9.17, 15) is 4.79 Å². The van der Waals surface area contributed by atoms with Crippen LogP contribution in [0.2, 0.25) is 0 Å². The third-order valence-electron chi connectivity index (χ3n) is 3.11. The van der Waals surface area contributed by atoms with Gasteiger partial charge in [0, 0.05) is 11.7 Å². The highest BCUT2D eigenvalue weighted by Gasteiger charge is 2.28. The average molecular weight is 234 g/mol. The summed E-state index contributed by atoms with van der Waals surface area (Å²) in [6, 6.07) is 10.6. The van der Waals surface area contributed by atoms with E-state index in [2.05, 4.69) is 30.3 Å². The van der Waals surface area contributed by atoms with Crippen molar-refractivity contribution in [1.82, 2.24) is 0 Å². The fourth-order valence-electron chi connectivity index (χ4n) is 2.15. The molecular weight excluding hydrogens is 216 g/mol. The Morgan fingerprint density at radius 2 is 2.06 bits per heavy atom. The van der Waals surface area contributed by atoms with E-state index in [-0.39, 0.29) is 5.25 Å². The summed E-state index contributed by atoms with van der Waals surface area (Å²) < 4.78 is 0. The molecule has 1 saturated heterocycles. The third kappa shape index (κ3) is 3.11. The molecule has 0 aliphatic carbocycles. The van der Waals surface area contributed by atoms with Crippen molar-refractivity contribution in [3.63, 3.8) is 0 Å². The minimum absolute atomic E-state index is 0.238. The Balaban J connectivity index is 1.71. The van der Waals surface area contributed by atoms with Crippen molar-refractivity contribution in [1.29, 1.82) is 0 Å². The molecule has 1 aliphatic heterocycles. The molecular formula is C14H18OS. The molecule has 1 aromatic carbocycles. The summed E-state index contributed by atoms with van der Waals surface area (Å²) in [7, 11) is 0. The maximum atomic E-state index is 11.4. The van der Waals surface area contributed by atoms with Crippen LogP contribution in [0, 0.1) is 0 Å². The molecule has 2 unspecified atom stereocenters. The highest BCUT2D eigenvalue weighted by molar-refractivity contribution is 8.01. The lowest BCUT2D eigenvalue weighted by molar-refractivity contribution is -0.117. The monoisotopic (exact) mass is 234 g/mol. The van der Waals surface area contributed by atoms with Crippen molar-refractivity contribution < 1.29 is 4.79 Å². The largest absolute Gasteiger partial charge is 0.298 e. The number of carbonyl (C=O) groups excluding carboxylic acids is 1. The Morgan fingerprint density at radius 3 is 2.69 bits per heavy atom. The SMILES string of the molecule is CC1SC(CCCc2ccccc2)CC1=O. The summed E-state index contributed by atoms with van der Waals surface area (Å²) in [5.41, 5.74) is 1.41. The highest BCUT2D eigenvalue weighted by atomic mass is 32.2. The van der Waals surface area contributed by atoms with Crippen LogP contribution in [-0.2, 0) is 11.2 Å². The summed E-state index contributed by atoms with van der Waals surface area (Å²) in [5, 5.41) is 0.813. The van der Waals surface area contributed by atoms with E-state index in [1.807, 2.05) is 18.7 Å². The van der Waals surface area contributed by atoms with Gasteiger partial charge < -0.3 is 0 Å². The van der Waals surface area contributed by atoms with E-state index in [0.717, 1.165) is 12.8 Å². The zero-order valence-corrected chi connectivity index (χ0v) is 10.5. The standard InChI is InChI=1S/C14H18OS/c1-11-14(15)10-13(16-11)9-5-8-12-6-3-2-4-7-12/h2-4,6-7,11,13H,5,8-10H2,1H3. The minimum atomic E-state index is 0.238. The second kappa shape index (κ2) is 5.53. The molecule has 0 spiro atoms. The number of aryl methyl sites for hydroxylation is 1. The first-order chi connectivity index (χ1) is 7.75. The van der Waals surface area contributed by atoms with Gasteiger partial charge in [0.25, 0.3) is 0 Å². The lowest BCUT2D eigenvalue weighted by Crippen LogP contribution is -2.04. The van der Waals surface area contributed by atoms with Gasteiger partial charge in [-0.2, -0.15) is 0 Å². The van der Waals surface area contributed by atoms with E-state index >= 15 is 0 Å². The molecule has 2 atom stereocenters. The van der Waals surface area contributed by atoms with E-state index in [1.165, 1.54) is 18.4 Å². The van der Waals surface area contributed by atoms with Gasteiger partial charge in [0.2, 0.25) is 0 Å². The number of benzene rings is 1. The lowest BCUT2D eigenvalue weighted by atomic mass is 10.0. The molecule has 1 nitrogen and oxygen atoms in total. The zero-order valence-electron chi connectivity index (χ0n) is 9.69. The summed E-state index contributed by atoms with van der Waals surface area (Å²) in [6.45, 7) is 2.03. The molecule has 2 rings (SSSR count). The number of Topliss-reactive ketones (excluding diaryl/α,β-unsaturated/α-hetero) is 1. The van der Waals surface area contributed by atoms with Crippen molar-refractivity contribution in [3.8, 4) is 0 Å². The zero-order chi connectivity index (χ0) is 11.4. The van der Waals surface area contributed by atoms with Crippen molar-refractivity contribution in [2.75, 3.05) is 0 Å². The molecule has 0 bridgehead atoms. The number of rotatable bonds is 4. The van der Waals surface area contributed by atoms with Crippen LogP contribution in [-0.4, -0.2) is 16.3 Å². The van der Waals surface area contributed by atoms with Crippen LogP contribution >= 0.6 is 11.8 Å². The first-order valence-corrected chi connectivity index (χ1v) is 6.92. The molecule has 1 aliphatic rings. The molecule has 0 aromatic heterocycles. The highest BCUT2D eigenvalue weighted by Crippen LogP contribution is 2.33. The van der Waals surface area contributed by atoms with Crippen LogP contribution in [0.3, 0.4) is 0 Å².